The fourth-order valence-corrected chi connectivity index (χ4v) is 4.83. The zero-order valence-electron chi connectivity index (χ0n) is 17.8. The first-order valence-electron chi connectivity index (χ1n) is 11.0. The first kappa shape index (κ1) is 25.1. The van der Waals surface area contributed by atoms with Crippen LogP contribution in [-0.4, -0.2) is 22.0 Å². The van der Waals surface area contributed by atoms with Crippen molar-refractivity contribution in [3.8, 4) is 6.07 Å². The van der Waals surface area contributed by atoms with Crippen LogP contribution in [-0.2, 0) is 0 Å². The molecule has 0 saturated heterocycles. The van der Waals surface area contributed by atoms with E-state index in [2.05, 4.69) is 23.0 Å². The summed E-state index contributed by atoms with van der Waals surface area (Å²) in [6, 6.07) is 2.22. The van der Waals surface area contributed by atoms with Crippen LogP contribution in [0.1, 0.15) is 102 Å². The van der Waals surface area contributed by atoms with Crippen molar-refractivity contribution in [2.75, 3.05) is 17.7 Å². The Bertz CT molecular complexity index is 572. The highest BCUT2D eigenvalue weighted by atomic mass is 32.2. The molecule has 0 fully saturated rings. The van der Waals surface area contributed by atoms with E-state index in [0.717, 1.165) is 17.2 Å². The smallest absolute Gasteiger partial charge is 0.222 e. The van der Waals surface area contributed by atoms with Crippen molar-refractivity contribution in [2.45, 2.75) is 107 Å². The number of hydrogen-bond donors (Lipinski definition) is 1. The maximum Gasteiger partial charge on any atom is 0.222 e. The molecule has 0 aliphatic carbocycles. The molecule has 2 N–H and O–H groups in total. The predicted molar refractivity (Wildman–Crippen MR) is 124 cm³/mol. The number of thioether (sulfide) groups is 2. The number of rotatable bonds is 17. The highest BCUT2D eigenvalue weighted by Gasteiger charge is 2.12. The van der Waals surface area contributed by atoms with Gasteiger partial charge in [0.2, 0.25) is 5.95 Å². The van der Waals surface area contributed by atoms with Crippen LogP contribution in [0.15, 0.2) is 10.1 Å². The predicted octanol–water partition coefficient (Wildman–Crippen LogP) is 7.23. The largest absolute Gasteiger partial charge is 0.368 e. The average Bonchev–Trinajstić information content (AvgIpc) is 2.70. The maximum atomic E-state index is 9.35. The molecule has 0 aliphatic heterocycles. The van der Waals surface area contributed by atoms with Gasteiger partial charge in [-0.2, -0.15) is 5.26 Å². The normalized spacial score (nSPS) is 10.9. The van der Waals surface area contributed by atoms with E-state index in [-0.39, 0.29) is 5.95 Å². The molecule has 1 aromatic heterocycles. The second-order valence-corrected chi connectivity index (χ2v) is 9.21. The third-order valence-electron chi connectivity index (χ3n) is 4.90. The number of hydrogen-bond acceptors (Lipinski definition) is 6. The zero-order chi connectivity index (χ0) is 20.5. The molecule has 0 amide bonds. The van der Waals surface area contributed by atoms with Crippen LogP contribution < -0.4 is 5.73 Å². The van der Waals surface area contributed by atoms with E-state index in [1.165, 1.54) is 95.2 Å². The number of nitrogens with zero attached hydrogens (tertiary/aromatic N) is 3. The standard InChI is InChI=1S/C22H38N4S2/c1-3-4-5-6-7-8-9-10-11-12-13-14-15-16-17-28-21-19(18-23)20(27-2)25-22(24)26-21/h3-17H2,1-2H3,(H2,24,25,26). The molecule has 0 saturated carbocycles. The molecule has 0 bridgehead atoms. The van der Waals surface area contributed by atoms with Crippen molar-refractivity contribution in [1.82, 2.24) is 9.97 Å². The summed E-state index contributed by atoms with van der Waals surface area (Å²) in [5.41, 5.74) is 6.32. The summed E-state index contributed by atoms with van der Waals surface area (Å²) in [6.45, 7) is 2.28. The van der Waals surface area contributed by atoms with Gasteiger partial charge in [0.1, 0.15) is 21.7 Å². The molecule has 1 rings (SSSR count). The Labute approximate surface area is 180 Å². The van der Waals surface area contributed by atoms with Gasteiger partial charge in [0, 0.05) is 0 Å². The lowest BCUT2D eigenvalue weighted by molar-refractivity contribution is 0.538. The summed E-state index contributed by atoms with van der Waals surface area (Å²) in [5.74, 6) is 1.24. The fraction of sp³-hybridized carbons (Fsp3) is 0.773. The van der Waals surface area contributed by atoms with Crippen LogP contribution in [0.3, 0.4) is 0 Å². The summed E-state index contributed by atoms with van der Waals surface area (Å²) in [4.78, 5) is 8.39. The quantitative estimate of drug-likeness (QED) is 0.162. The van der Waals surface area contributed by atoms with Gasteiger partial charge in [-0.25, -0.2) is 9.97 Å². The van der Waals surface area contributed by atoms with Crippen molar-refractivity contribution >= 4 is 29.5 Å². The van der Waals surface area contributed by atoms with E-state index < -0.39 is 0 Å². The Hall–Kier alpha value is -0.930. The monoisotopic (exact) mass is 422 g/mol. The molecule has 0 radical (unpaired) electrons. The molecule has 6 heteroatoms. The Morgan fingerprint density at radius 1 is 0.786 bits per heavy atom. The van der Waals surface area contributed by atoms with Crippen molar-refractivity contribution in [2.24, 2.45) is 0 Å². The Morgan fingerprint density at radius 3 is 1.71 bits per heavy atom. The molecule has 1 aromatic rings. The van der Waals surface area contributed by atoms with Crippen molar-refractivity contribution < 1.29 is 0 Å². The molecular weight excluding hydrogens is 384 g/mol. The van der Waals surface area contributed by atoms with Gasteiger partial charge in [0.05, 0.1) is 0 Å². The number of nitrogens with two attached hydrogens (primary N) is 1. The van der Waals surface area contributed by atoms with Gasteiger partial charge < -0.3 is 5.73 Å². The number of nitrogen functional groups attached to an aromatic ring is 1. The molecule has 28 heavy (non-hydrogen) atoms. The van der Waals surface area contributed by atoms with Crippen LogP contribution in [0.5, 0.6) is 0 Å². The van der Waals surface area contributed by atoms with Gasteiger partial charge in [-0.05, 0) is 18.4 Å². The average molecular weight is 423 g/mol. The van der Waals surface area contributed by atoms with Gasteiger partial charge in [0.15, 0.2) is 0 Å². The van der Waals surface area contributed by atoms with Crippen LogP contribution in [0, 0.1) is 11.3 Å². The van der Waals surface area contributed by atoms with E-state index in [1.54, 1.807) is 11.8 Å². The lowest BCUT2D eigenvalue weighted by atomic mass is 10.0. The second-order valence-electron chi connectivity index (χ2n) is 7.33. The third kappa shape index (κ3) is 11.2. The van der Waals surface area contributed by atoms with Crippen LogP contribution in [0.25, 0.3) is 0 Å². The molecule has 158 valence electrons. The highest BCUT2D eigenvalue weighted by molar-refractivity contribution is 7.99. The summed E-state index contributed by atoms with van der Waals surface area (Å²) in [6.07, 6.45) is 21.0. The first-order chi connectivity index (χ1) is 13.7. The summed E-state index contributed by atoms with van der Waals surface area (Å²) < 4.78 is 0. The second kappa shape index (κ2) is 17.0. The molecule has 4 nitrogen and oxygen atoms in total. The third-order valence-corrected chi connectivity index (χ3v) is 6.65. The van der Waals surface area contributed by atoms with Crippen LogP contribution in [0.4, 0.5) is 5.95 Å². The van der Waals surface area contributed by atoms with E-state index in [9.17, 15) is 5.26 Å². The highest BCUT2D eigenvalue weighted by Crippen LogP contribution is 2.28. The SMILES string of the molecule is CCCCCCCCCCCCCCCCSc1nc(N)nc(SC)c1C#N. The van der Waals surface area contributed by atoms with E-state index in [1.807, 2.05) is 6.26 Å². The zero-order valence-corrected chi connectivity index (χ0v) is 19.5. The van der Waals surface area contributed by atoms with Crippen molar-refractivity contribution in [3.05, 3.63) is 5.56 Å². The van der Waals surface area contributed by atoms with E-state index in [4.69, 9.17) is 5.73 Å². The lowest BCUT2D eigenvalue weighted by Gasteiger charge is -2.07. The fourth-order valence-electron chi connectivity index (χ4n) is 3.25. The van der Waals surface area contributed by atoms with Crippen LogP contribution in [0.2, 0.25) is 0 Å². The van der Waals surface area contributed by atoms with Gasteiger partial charge in [-0.15, -0.1) is 23.5 Å². The number of anilines is 1. The summed E-state index contributed by atoms with van der Waals surface area (Å²) >= 11 is 3.08. The van der Waals surface area contributed by atoms with Crippen molar-refractivity contribution in [1.29, 1.82) is 5.26 Å². The Morgan fingerprint density at radius 2 is 1.25 bits per heavy atom. The molecule has 0 spiro atoms. The number of aromatic nitrogens is 2. The Balaban J connectivity index is 2.00. The molecule has 0 aromatic carbocycles. The van der Waals surface area contributed by atoms with E-state index >= 15 is 0 Å². The number of nitriles is 1. The molecule has 0 atom stereocenters. The topological polar surface area (TPSA) is 75.6 Å². The molecule has 1 heterocycles. The van der Waals surface area contributed by atoms with Gasteiger partial charge >= 0.3 is 0 Å². The maximum absolute atomic E-state index is 9.35. The Kier molecular flexibility index (Phi) is 15.2. The molecular formula is C22H38N4S2. The van der Waals surface area contributed by atoms with Gasteiger partial charge in [-0.1, -0.05) is 90.4 Å². The van der Waals surface area contributed by atoms with E-state index in [0.29, 0.717) is 10.6 Å². The summed E-state index contributed by atoms with van der Waals surface area (Å²) in [7, 11) is 0. The van der Waals surface area contributed by atoms with Crippen LogP contribution >= 0.6 is 23.5 Å². The van der Waals surface area contributed by atoms with Crippen molar-refractivity contribution in [3.63, 3.8) is 0 Å². The lowest BCUT2D eigenvalue weighted by Crippen LogP contribution is -2.01. The molecule has 0 aliphatic rings. The van der Waals surface area contributed by atoms with Gasteiger partial charge in [0.25, 0.3) is 0 Å². The van der Waals surface area contributed by atoms with Gasteiger partial charge in [-0.3, -0.25) is 0 Å². The summed E-state index contributed by atoms with van der Waals surface area (Å²) in [5, 5.41) is 10.8. The molecule has 0 unspecified atom stereocenters. The number of unbranched alkanes of at least 4 members (excludes halogenated alkanes) is 13. The minimum atomic E-state index is 0.256. The minimum Gasteiger partial charge on any atom is -0.368 e. The first-order valence-corrected chi connectivity index (χ1v) is 13.2. The minimum absolute atomic E-state index is 0.256.